The third-order valence-electron chi connectivity index (χ3n) is 2.03. The smallest absolute Gasteiger partial charge is 0.389 e. The summed E-state index contributed by atoms with van der Waals surface area (Å²) in [5.41, 5.74) is 0. The molecule has 108 valence electrons. The Balaban J connectivity index is 2.54. The van der Waals surface area contributed by atoms with Gasteiger partial charge in [-0.05, 0) is 13.3 Å². The number of aromatic nitrogens is 3. The van der Waals surface area contributed by atoms with Crippen molar-refractivity contribution in [2.75, 3.05) is 30.8 Å². The van der Waals surface area contributed by atoms with E-state index in [4.69, 9.17) is 4.74 Å². The van der Waals surface area contributed by atoms with E-state index in [-0.39, 0.29) is 30.9 Å². The Morgan fingerprint density at radius 1 is 1.16 bits per heavy atom. The molecule has 0 fully saturated rings. The highest BCUT2D eigenvalue weighted by molar-refractivity contribution is 5.35. The van der Waals surface area contributed by atoms with Crippen LogP contribution in [0.1, 0.15) is 19.8 Å². The minimum absolute atomic E-state index is 0.0476. The van der Waals surface area contributed by atoms with Gasteiger partial charge in [-0.1, -0.05) is 0 Å². The lowest BCUT2D eigenvalue weighted by molar-refractivity contribution is -0.134. The van der Waals surface area contributed by atoms with Crippen molar-refractivity contribution in [2.24, 2.45) is 0 Å². The van der Waals surface area contributed by atoms with Crippen molar-refractivity contribution in [3.05, 3.63) is 0 Å². The molecule has 0 amide bonds. The molecule has 9 heteroatoms. The molecule has 2 N–H and O–H groups in total. The lowest BCUT2D eigenvalue weighted by Crippen LogP contribution is -2.13. The van der Waals surface area contributed by atoms with Gasteiger partial charge in [0.25, 0.3) is 0 Å². The number of nitrogens with zero attached hydrogens (tertiary/aromatic N) is 3. The molecule has 0 saturated carbocycles. The summed E-state index contributed by atoms with van der Waals surface area (Å²) in [6, 6.07) is 0.125. The molecule has 0 atom stereocenters. The van der Waals surface area contributed by atoms with E-state index in [0.717, 1.165) is 0 Å². The highest BCUT2D eigenvalue weighted by Crippen LogP contribution is 2.21. The molecule has 0 bridgehead atoms. The van der Waals surface area contributed by atoms with Gasteiger partial charge < -0.3 is 15.4 Å². The van der Waals surface area contributed by atoms with Crippen LogP contribution in [-0.4, -0.2) is 41.3 Å². The lowest BCUT2D eigenvalue weighted by atomic mass is 10.3. The molecule has 0 aliphatic heterocycles. The fraction of sp³-hybridized carbons (Fsp3) is 0.700. The van der Waals surface area contributed by atoms with E-state index in [2.05, 4.69) is 25.6 Å². The number of hydrogen-bond acceptors (Lipinski definition) is 6. The first-order chi connectivity index (χ1) is 8.94. The molecule has 1 aromatic heterocycles. The molecule has 0 unspecified atom stereocenters. The van der Waals surface area contributed by atoms with Crippen LogP contribution in [0.5, 0.6) is 6.01 Å². The first kappa shape index (κ1) is 15.3. The number of hydrogen-bond donors (Lipinski definition) is 2. The highest BCUT2D eigenvalue weighted by Gasteiger charge is 2.25. The number of nitrogens with one attached hydrogen (secondary N) is 2. The molecule has 6 nitrogen and oxygen atoms in total. The van der Waals surface area contributed by atoms with Crippen LogP contribution in [0.3, 0.4) is 0 Å². The Kier molecular flexibility index (Phi) is 5.58. The van der Waals surface area contributed by atoms with Gasteiger partial charge in [-0.2, -0.15) is 28.1 Å². The zero-order chi connectivity index (χ0) is 14.3. The van der Waals surface area contributed by atoms with Gasteiger partial charge in [-0.3, -0.25) is 0 Å². The molecule has 1 rings (SSSR count). The molecule has 19 heavy (non-hydrogen) atoms. The molecule has 0 spiro atoms. The quantitative estimate of drug-likeness (QED) is 0.744. The zero-order valence-corrected chi connectivity index (χ0v) is 10.7. The molecule has 0 aliphatic carbocycles. The molecular formula is C10H16F3N5O. The maximum Gasteiger partial charge on any atom is 0.389 e. The van der Waals surface area contributed by atoms with Crippen molar-refractivity contribution < 1.29 is 17.9 Å². The molecular weight excluding hydrogens is 263 g/mol. The van der Waals surface area contributed by atoms with Crippen molar-refractivity contribution in [3.63, 3.8) is 0 Å². The fourth-order valence-electron chi connectivity index (χ4n) is 1.23. The van der Waals surface area contributed by atoms with Gasteiger partial charge in [0.05, 0.1) is 6.61 Å². The molecule has 0 radical (unpaired) electrons. The van der Waals surface area contributed by atoms with Gasteiger partial charge in [0.2, 0.25) is 11.9 Å². The van der Waals surface area contributed by atoms with E-state index in [0.29, 0.717) is 6.61 Å². The van der Waals surface area contributed by atoms with E-state index in [9.17, 15) is 13.2 Å². The van der Waals surface area contributed by atoms with Gasteiger partial charge in [-0.25, -0.2) is 0 Å². The third-order valence-corrected chi connectivity index (χ3v) is 2.03. The van der Waals surface area contributed by atoms with Crippen LogP contribution in [0.4, 0.5) is 25.1 Å². The van der Waals surface area contributed by atoms with Gasteiger partial charge >= 0.3 is 12.2 Å². The second kappa shape index (κ2) is 6.95. The Labute approximate surface area is 108 Å². The second-order valence-electron chi connectivity index (χ2n) is 3.59. The van der Waals surface area contributed by atoms with E-state index in [1.165, 1.54) is 0 Å². The Bertz CT molecular complexity index is 399. The summed E-state index contributed by atoms with van der Waals surface area (Å²) in [5, 5.41) is 5.43. The second-order valence-corrected chi connectivity index (χ2v) is 3.59. The van der Waals surface area contributed by atoms with E-state index >= 15 is 0 Å². The molecule has 0 saturated heterocycles. The van der Waals surface area contributed by atoms with Crippen LogP contribution in [-0.2, 0) is 0 Å². The summed E-state index contributed by atoms with van der Waals surface area (Å²) in [4.78, 5) is 11.8. The molecule has 1 heterocycles. The maximum absolute atomic E-state index is 12.0. The van der Waals surface area contributed by atoms with Crippen LogP contribution in [0.15, 0.2) is 0 Å². The third kappa shape index (κ3) is 6.07. The topological polar surface area (TPSA) is 72.0 Å². The Morgan fingerprint density at radius 2 is 1.84 bits per heavy atom. The van der Waals surface area contributed by atoms with Crippen LogP contribution in [0.2, 0.25) is 0 Å². The van der Waals surface area contributed by atoms with Gasteiger partial charge in [0.1, 0.15) is 0 Å². The summed E-state index contributed by atoms with van der Waals surface area (Å²) in [5.74, 6) is 0.474. The minimum Gasteiger partial charge on any atom is -0.464 e. The number of halogens is 3. The van der Waals surface area contributed by atoms with Crippen molar-refractivity contribution in [2.45, 2.75) is 25.9 Å². The molecule has 0 aliphatic rings. The average molecular weight is 279 g/mol. The number of ether oxygens (including phenoxy) is 1. The summed E-state index contributed by atoms with van der Waals surface area (Å²) in [7, 11) is 1.62. The first-order valence-corrected chi connectivity index (χ1v) is 5.82. The van der Waals surface area contributed by atoms with Crippen molar-refractivity contribution in [1.82, 2.24) is 15.0 Å². The SMILES string of the molecule is CCOc1nc(NC)nc(NCCCC(F)(F)F)n1. The van der Waals surface area contributed by atoms with Crippen LogP contribution < -0.4 is 15.4 Å². The van der Waals surface area contributed by atoms with Crippen molar-refractivity contribution in [1.29, 1.82) is 0 Å². The van der Waals surface area contributed by atoms with E-state index in [1.807, 2.05) is 0 Å². The highest BCUT2D eigenvalue weighted by atomic mass is 19.4. The lowest BCUT2D eigenvalue weighted by Gasteiger charge is -2.09. The van der Waals surface area contributed by atoms with Gasteiger partial charge in [0, 0.05) is 20.0 Å². The Hall–Kier alpha value is -1.80. The number of anilines is 2. The van der Waals surface area contributed by atoms with Crippen molar-refractivity contribution >= 4 is 11.9 Å². The molecule has 0 aromatic carbocycles. The zero-order valence-electron chi connectivity index (χ0n) is 10.7. The summed E-state index contributed by atoms with van der Waals surface area (Å²) >= 11 is 0. The van der Waals surface area contributed by atoms with Gasteiger partial charge in [-0.15, -0.1) is 0 Å². The first-order valence-electron chi connectivity index (χ1n) is 5.82. The van der Waals surface area contributed by atoms with Crippen molar-refractivity contribution in [3.8, 4) is 6.01 Å². The maximum atomic E-state index is 12.0. The number of alkyl halides is 3. The monoisotopic (exact) mass is 279 g/mol. The van der Waals surface area contributed by atoms with E-state index < -0.39 is 12.6 Å². The van der Waals surface area contributed by atoms with E-state index in [1.54, 1.807) is 14.0 Å². The van der Waals surface area contributed by atoms with Gasteiger partial charge in [0.15, 0.2) is 0 Å². The number of rotatable bonds is 7. The standard InChI is InChI=1S/C10H16F3N5O/c1-3-19-9-17-7(14-2)16-8(18-9)15-6-4-5-10(11,12)13/h3-6H2,1-2H3,(H2,14,15,16,17,18). The molecule has 1 aromatic rings. The van der Waals surface area contributed by atoms with Crippen LogP contribution >= 0.6 is 0 Å². The summed E-state index contributed by atoms with van der Waals surface area (Å²) < 4.78 is 41.0. The fourth-order valence-corrected chi connectivity index (χ4v) is 1.23. The summed E-state index contributed by atoms with van der Waals surface area (Å²) in [6.07, 6.45) is -5.04. The van der Waals surface area contributed by atoms with Crippen LogP contribution in [0.25, 0.3) is 0 Å². The predicted octanol–water partition coefficient (Wildman–Crippen LogP) is 2.07. The normalized spacial score (nSPS) is 11.2. The predicted molar refractivity (Wildman–Crippen MR) is 64.3 cm³/mol. The Morgan fingerprint density at radius 3 is 2.42 bits per heavy atom. The minimum atomic E-state index is -4.15. The van der Waals surface area contributed by atoms with Crippen LogP contribution in [0, 0.1) is 0 Å². The average Bonchev–Trinajstić information content (AvgIpc) is 2.34. The summed E-state index contributed by atoms with van der Waals surface area (Å²) in [6.45, 7) is 2.29. The largest absolute Gasteiger partial charge is 0.464 e.